The van der Waals surface area contributed by atoms with Gasteiger partial charge in [0.25, 0.3) is 0 Å². The number of ketones is 1. The van der Waals surface area contributed by atoms with Crippen LogP contribution in [0.5, 0.6) is 0 Å². The van der Waals surface area contributed by atoms with Crippen molar-refractivity contribution in [1.29, 1.82) is 5.26 Å². The number of hydrogen-bond acceptors (Lipinski definition) is 3. The SMILES string of the molecule is Cc1ccc(C)c(C(=O)C(C)N(C)CC(C)C#N)c1. The van der Waals surface area contributed by atoms with Crippen molar-refractivity contribution in [3.8, 4) is 6.07 Å². The molecule has 0 saturated carbocycles. The minimum Gasteiger partial charge on any atom is -0.295 e. The average molecular weight is 258 g/mol. The van der Waals surface area contributed by atoms with E-state index < -0.39 is 0 Å². The summed E-state index contributed by atoms with van der Waals surface area (Å²) >= 11 is 0. The van der Waals surface area contributed by atoms with Crippen LogP contribution in [0.25, 0.3) is 0 Å². The standard InChI is InChI=1S/C16H22N2O/c1-11-6-7-13(3)15(8-11)16(19)14(4)18(5)10-12(2)9-17/h6-8,12,14H,10H2,1-5H3. The Labute approximate surface area is 115 Å². The molecule has 0 fully saturated rings. The van der Waals surface area contributed by atoms with Gasteiger partial charge in [-0.3, -0.25) is 9.69 Å². The highest BCUT2D eigenvalue weighted by molar-refractivity contribution is 6.01. The van der Waals surface area contributed by atoms with Crippen molar-refractivity contribution >= 4 is 5.78 Å². The maximum absolute atomic E-state index is 12.5. The zero-order valence-corrected chi connectivity index (χ0v) is 12.4. The van der Waals surface area contributed by atoms with E-state index >= 15 is 0 Å². The van der Waals surface area contributed by atoms with Crippen LogP contribution in [0.4, 0.5) is 0 Å². The maximum Gasteiger partial charge on any atom is 0.179 e. The van der Waals surface area contributed by atoms with Gasteiger partial charge in [0, 0.05) is 12.1 Å². The minimum absolute atomic E-state index is 0.0705. The second-order valence-electron chi connectivity index (χ2n) is 5.33. The van der Waals surface area contributed by atoms with Gasteiger partial charge in [0.2, 0.25) is 0 Å². The van der Waals surface area contributed by atoms with Gasteiger partial charge < -0.3 is 0 Å². The predicted octanol–water partition coefficient (Wildman–Crippen LogP) is 2.97. The van der Waals surface area contributed by atoms with E-state index in [0.717, 1.165) is 16.7 Å². The molecule has 0 aromatic heterocycles. The van der Waals surface area contributed by atoms with E-state index in [-0.39, 0.29) is 17.7 Å². The summed E-state index contributed by atoms with van der Waals surface area (Å²) in [4.78, 5) is 14.4. The molecule has 0 spiro atoms. The third kappa shape index (κ3) is 3.90. The van der Waals surface area contributed by atoms with Gasteiger partial charge in [-0.1, -0.05) is 17.7 Å². The topological polar surface area (TPSA) is 44.1 Å². The molecule has 0 aliphatic carbocycles. The molecule has 19 heavy (non-hydrogen) atoms. The zero-order valence-electron chi connectivity index (χ0n) is 12.4. The molecular weight excluding hydrogens is 236 g/mol. The Bertz CT molecular complexity index is 502. The van der Waals surface area contributed by atoms with Crippen LogP contribution >= 0.6 is 0 Å². The number of rotatable bonds is 5. The van der Waals surface area contributed by atoms with Gasteiger partial charge in [-0.25, -0.2) is 0 Å². The number of nitrogens with zero attached hydrogens (tertiary/aromatic N) is 2. The third-order valence-electron chi connectivity index (χ3n) is 3.48. The molecule has 3 heteroatoms. The molecular formula is C16H22N2O. The second kappa shape index (κ2) is 6.49. The number of Topliss-reactive ketones (excluding diaryl/α,β-unsaturated/α-hetero) is 1. The number of aryl methyl sites for hydroxylation is 2. The van der Waals surface area contributed by atoms with Crippen LogP contribution < -0.4 is 0 Å². The fraction of sp³-hybridized carbons (Fsp3) is 0.500. The first-order valence-electron chi connectivity index (χ1n) is 6.58. The van der Waals surface area contributed by atoms with Gasteiger partial charge in [-0.2, -0.15) is 5.26 Å². The van der Waals surface area contributed by atoms with Crippen molar-refractivity contribution in [3.05, 3.63) is 34.9 Å². The van der Waals surface area contributed by atoms with Gasteiger partial charge in [-0.15, -0.1) is 0 Å². The number of hydrogen-bond donors (Lipinski definition) is 0. The van der Waals surface area contributed by atoms with Gasteiger partial charge in [0.05, 0.1) is 18.0 Å². The second-order valence-corrected chi connectivity index (χ2v) is 5.33. The molecule has 2 atom stereocenters. The van der Waals surface area contributed by atoms with E-state index in [1.807, 2.05) is 57.8 Å². The first kappa shape index (κ1) is 15.4. The molecule has 1 aromatic rings. The molecule has 2 unspecified atom stereocenters. The number of benzene rings is 1. The van der Waals surface area contributed by atoms with Crippen molar-refractivity contribution in [2.24, 2.45) is 5.92 Å². The van der Waals surface area contributed by atoms with E-state index in [1.165, 1.54) is 0 Å². The van der Waals surface area contributed by atoms with Gasteiger partial charge in [0.1, 0.15) is 0 Å². The molecule has 0 aliphatic heterocycles. The van der Waals surface area contributed by atoms with Gasteiger partial charge in [0.15, 0.2) is 5.78 Å². The molecule has 1 rings (SSSR count). The fourth-order valence-electron chi connectivity index (χ4n) is 2.06. The Balaban J connectivity index is 2.88. The predicted molar refractivity (Wildman–Crippen MR) is 77.1 cm³/mol. The summed E-state index contributed by atoms with van der Waals surface area (Å²) in [6.07, 6.45) is 0. The minimum atomic E-state index is -0.212. The van der Waals surface area contributed by atoms with Gasteiger partial charge in [-0.05, 0) is 46.4 Å². The van der Waals surface area contributed by atoms with Crippen LogP contribution in [-0.4, -0.2) is 30.3 Å². The Morgan fingerprint density at radius 2 is 2.00 bits per heavy atom. The summed E-state index contributed by atoms with van der Waals surface area (Å²) in [5.41, 5.74) is 2.88. The highest BCUT2D eigenvalue weighted by Crippen LogP contribution is 2.15. The molecule has 0 bridgehead atoms. The van der Waals surface area contributed by atoms with Crippen LogP contribution in [0.15, 0.2) is 18.2 Å². The van der Waals surface area contributed by atoms with Crippen molar-refractivity contribution in [3.63, 3.8) is 0 Å². The Kier molecular flexibility index (Phi) is 5.26. The van der Waals surface area contributed by atoms with E-state index in [9.17, 15) is 4.79 Å². The lowest BCUT2D eigenvalue weighted by atomic mass is 9.97. The zero-order chi connectivity index (χ0) is 14.6. The summed E-state index contributed by atoms with van der Waals surface area (Å²) in [5.74, 6) is 0.0488. The Hall–Kier alpha value is -1.66. The summed E-state index contributed by atoms with van der Waals surface area (Å²) in [5, 5.41) is 8.84. The van der Waals surface area contributed by atoms with Crippen LogP contribution in [-0.2, 0) is 0 Å². The quantitative estimate of drug-likeness (QED) is 0.763. The van der Waals surface area contributed by atoms with Crippen molar-refractivity contribution in [2.45, 2.75) is 33.7 Å². The van der Waals surface area contributed by atoms with E-state index in [4.69, 9.17) is 5.26 Å². The number of nitriles is 1. The summed E-state index contributed by atoms with van der Waals surface area (Å²) < 4.78 is 0. The van der Waals surface area contributed by atoms with Gasteiger partial charge >= 0.3 is 0 Å². The van der Waals surface area contributed by atoms with Crippen LogP contribution in [0.3, 0.4) is 0 Å². The van der Waals surface area contributed by atoms with Crippen molar-refractivity contribution < 1.29 is 4.79 Å². The van der Waals surface area contributed by atoms with Crippen molar-refractivity contribution in [1.82, 2.24) is 4.90 Å². The molecule has 0 radical (unpaired) electrons. The number of likely N-dealkylation sites (N-methyl/N-ethyl adjacent to an activating group) is 1. The third-order valence-corrected chi connectivity index (χ3v) is 3.48. The molecule has 0 aliphatic rings. The molecule has 102 valence electrons. The van der Waals surface area contributed by atoms with Crippen molar-refractivity contribution in [2.75, 3.05) is 13.6 Å². The highest BCUT2D eigenvalue weighted by Gasteiger charge is 2.22. The lowest BCUT2D eigenvalue weighted by Gasteiger charge is -2.25. The highest BCUT2D eigenvalue weighted by atomic mass is 16.1. The lowest BCUT2D eigenvalue weighted by Crippen LogP contribution is -2.38. The Morgan fingerprint density at radius 3 is 2.58 bits per heavy atom. The summed E-state index contributed by atoms with van der Waals surface area (Å²) in [7, 11) is 1.89. The van der Waals surface area contributed by atoms with E-state index in [1.54, 1.807) is 0 Å². The van der Waals surface area contributed by atoms with Crippen LogP contribution in [0.1, 0.15) is 35.3 Å². The van der Waals surface area contributed by atoms with Crippen LogP contribution in [0.2, 0.25) is 0 Å². The lowest BCUT2D eigenvalue weighted by molar-refractivity contribution is 0.0861. The molecule has 0 saturated heterocycles. The van der Waals surface area contributed by atoms with E-state index in [2.05, 4.69) is 6.07 Å². The monoisotopic (exact) mass is 258 g/mol. The number of carbonyl (C=O) groups excluding carboxylic acids is 1. The number of carbonyl (C=O) groups is 1. The molecule has 0 heterocycles. The molecule has 3 nitrogen and oxygen atoms in total. The summed E-state index contributed by atoms with van der Waals surface area (Å²) in [6, 6.07) is 7.92. The fourth-order valence-corrected chi connectivity index (χ4v) is 2.06. The normalized spacial score (nSPS) is 13.9. The molecule has 0 amide bonds. The Morgan fingerprint density at radius 1 is 1.37 bits per heavy atom. The molecule has 0 N–H and O–H groups in total. The van der Waals surface area contributed by atoms with E-state index in [0.29, 0.717) is 6.54 Å². The first-order chi connectivity index (χ1) is 8.86. The first-order valence-corrected chi connectivity index (χ1v) is 6.58. The van der Waals surface area contributed by atoms with Crippen LogP contribution in [0, 0.1) is 31.1 Å². The smallest absolute Gasteiger partial charge is 0.179 e. The maximum atomic E-state index is 12.5. The summed E-state index contributed by atoms with van der Waals surface area (Å²) in [6.45, 7) is 8.31. The molecule has 1 aromatic carbocycles. The largest absolute Gasteiger partial charge is 0.295 e. The average Bonchev–Trinajstić information content (AvgIpc) is 2.39.